The fourth-order valence-corrected chi connectivity index (χ4v) is 5.32. The molecule has 14 heteroatoms. The number of nitriles is 1. The Hall–Kier alpha value is -4.06. The Kier molecular flexibility index (Phi) is 8.20. The molecule has 1 fully saturated rings. The maximum Gasteiger partial charge on any atom is 0.278 e. The molecule has 0 unspecified atom stereocenters. The molecule has 2 aromatic heterocycles. The summed E-state index contributed by atoms with van der Waals surface area (Å²) in [7, 11) is -2.53. The Balaban J connectivity index is 1.57. The maximum atomic E-state index is 13.3. The van der Waals surface area contributed by atoms with Gasteiger partial charge in [0.25, 0.3) is 15.7 Å². The van der Waals surface area contributed by atoms with E-state index in [1.54, 1.807) is 41.7 Å². The summed E-state index contributed by atoms with van der Waals surface area (Å²) in [6.45, 7) is 6.08. The highest BCUT2D eigenvalue weighted by Gasteiger charge is 2.24. The molecule has 200 valence electrons. The molecule has 0 atom stereocenters. The number of aromatic nitrogens is 2. The van der Waals surface area contributed by atoms with Crippen molar-refractivity contribution >= 4 is 32.6 Å². The first-order valence-electron chi connectivity index (χ1n) is 11.9. The fourth-order valence-electron chi connectivity index (χ4n) is 4.19. The number of pyridine rings is 1. The monoisotopic (exact) mass is 540 g/mol. The second-order valence-corrected chi connectivity index (χ2v) is 10.5. The number of nitrogens with zero attached hydrogens (tertiary/aromatic N) is 7. The van der Waals surface area contributed by atoms with Crippen LogP contribution in [0.1, 0.15) is 24.5 Å². The number of sulfonamides is 1. The molecule has 1 N–H and O–H groups in total. The lowest BCUT2D eigenvalue weighted by Gasteiger charge is -2.28. The van der Waals surface area contributed by atoms with Gasteiger partial charge in [-0.05, 0) is 31.5 Å². The Labute approximate surface area is 220 Å². The van der Waals surface area contributed by atoms with E-state index in [4.69, 9.17) is 4.74 Å². The number of hydrogen-bond donors (Lipinski definition) is 1. The van der Waals surface area contributed by atoms with Crippen LogP contribution in [0.15, 0.2) is 52.7 Å². The molecule has 0 bridgehead atoms. The summed E-state index contributed by atoms with van der Waals surface area (Å²) in [5.41, 5.74) is 1.83. The molecule has 3 heterocycles. The molecular weight excluding hydrogens is 512 g/mol. The second-order valence-electron chi connectivity index (χ2n) is 8.85. The lowest BCUT2D eigenvalue weighted by Crippen LogP contribution is -2.38. The van der Waals surface area contributed by atoms with Gasteiger partial charge in [0, 0.05) is 57.1 Å². The summed E-state index contributed by atoms with van der Waals surface area (Å²) in [5, 5.41) is 28.9. The first-order chi connectivity index (χ1) is 18.2. The van der Waals surface area contributed by atoms with Gasteiger partial charge in [0.1, 0.15) is 4.90 Å². The third-order valence-corrected chi connectivity index (χ3v) is 7.54. The van der Waals surface area contributed by atoms with Crippen molar-refractivity contribution in [3.63, 3.8) is 0 Å². The molecule has 3 aromatic rings. The molecule has 0 aliphatic carbocycles. The molecule has 0 saturated carbocycles. The molecular formula is C24H28N8O5S. The van der Waals surface area contributed by atoms with Crippen LogP contribution in [0.3, 0.4) is 0 Å². The van der Waals surface area contributed by atoms with Gasteiger partial charge in [-0.1, -0.05) is 0 Å². The minimum absolute atomic E-state index is 0.247. The topological polar surface area (TPSA) is 158 Å². The van der Waals surface area contributed by atoms with E-state index in [1.807, 2.05) is 0 Å². The van der Waals surface area contributed by atoms with E-state index in [-0.39, 0.29) is 10.6 Å². The average molecular weight is 541 g/mol. The van der Waals surface area contributed by atoms with Crippen LogP contribution in [0, 0.1) is 21.4 Å². The number of ether oxygens (including phenoxy) is 1. The van der Waals surface area contributed by atoms with E-state index < -0.39 is 14.9 Å². The molecule has 0 spiro atoms. The summed E-state index contributed by atoms with van der Waals surface area (Å²) in [6.07, 6.45) is 3.92. The van der Waals surface area contributed by atoms with E-state index in [0.29, 0.717) is 47.8 Å². The highest BCUT2D eigenvalue weighted by molar-refractivity contribution is 7.89. The Morgan fingerprint density at radius 2 is 2.08 bits per heavy atom. The van der Waals surface area contributed by atoms with Crippen molar-refractivity contribution in [2.75, 3.05) is 51.3 Å². The van der Waals surface area contributed by atoms with Crippen LogP contribution in [0.5, 0.6) is 0 Å². The number of rotatable bonds is 10. The van der Waals surface area contributed by atoms with Crippen molar-refractivity contribution in [1.29, 1.82) is 5.26 Å². The number of anilines is 1. The molecule has 1 saturated heterocycles. The van der Waals surface area contributed by atoms with Crippen LogP contribution >= 0.6 is 0 Å². The highest BCUT2D eigenvalue weighted by atomic mass is 32.2. The molecule has 38 heavy (non-hydrogen) atoms. The van der Waals surface area contributed by atoms with Crippen LogP contribution in [0.2, 0.25) is 0 Å². The largest absolute Gasteiger partial charge is 0.379 e. The van der Waals surface area contributed by atoms with Crippen molar-refractivity contribution in [3.8, 4) is 6.07 Å². The van der Waals surface area contributed by atoms with Crippen LogP contribution in [0.4, 0.5) is 11.4 Å². The van der Waals surface area contributed by atoms with Crippen molar-refractivity contribution in [3.05, 3.63) is 64.0 Å². The SMILES string of the molecule is C/C(=N\NS(=O)(=O)c1cc([N+](=O)[O-])ccc1N(C)CCCN1CCOCC1)c1cnn2ccc(C#N)cc12. The van der Waals surface area contributed by atoms with Crippen LogP contribution in [0.25, 0.3) is 5.52 Å². The van der Waals surface area contributed by atoms with Gasteiger partial charge < -0.3 is 9.64 Å². The zero-order chi connectivity index (χ0) is 27.3. The molecule has 1 aliphatic heterocycles. The van der Waals surface area contributed by atoms with E-state index in [0.717, 1.165) is 32.1 Å². The molecule has 1 aliphatic rings. The smallest absolute Gasteiger partial charge is 0.278 e. The van der Waals surface area contributed by atoms with Crippen molar-refractivity contribution in [1.82, 2.24) is 19.3 Å². The maximum absolute atomic E-state index is 13.3. The lowest BCUT2D eigenvalue weighted by molar-refractivity contribution is -0.385. The van der Waals surface area contributed by atoms with Crippen molar-refractivity contribution in [2.24, 2.45) is 5.10 Å². The standard InChI is InChI=1S/C24H28N8O5S/c1-18(21-17-26-31-9-6-19(16-25)14-23(21)31)27-28-38(35,36)24-15-20(32(33)34)4-5-22(24)29(2)7-3-8-30-10-12-37-13-11-30/h4-6,9,14-15,17,28H,3,7-8,10-13H2,1-2H3/b27-18+. The van der Waals surface area contributed by atoms with Crippen LogP contribution in [-0.4, -0.2) is 80.0 Å². The Bertz CT molecular complexity index is 1510. The van der Waals surface area contributed by atoms with E-state index >= 15 is 0 Å². The minimum Gasteiger partial charge on any atom is -0.379 e. The number of hydrogen-bond acceptors (Lipinski definition) is 10. The number of nitro benzene ring substituents is 1. The molecule has 4 rings (SSSR count). The third kappa shape index (κ3) is 6.08. The Morgan fingerprint density at radius 1 is 1.32 bits per heavy atom. The first-order valence-corrected chi connectivity index (χ1v) is 13.4. The predicted octanol–water partition coefficient (Wildman–Crippen LogP) is 1.98. The van der Waals surface area contributed by atoms with Gasteiger partial charge in [0.15, 0.2) is 0 Å². The van der Waals surface area contributed by atoms with Gasteiger partial charge in [-0.25, -0.2) is 4.52 Å². The highest BCUT2D eigenvalue weighted by Crippen LogP contribution is 2.29. The summed E-state index contributed by atoms with van der Waals surface area (Å²) < 4.78 is 33.6. The van der Waals surface area contributed by atoms with Gasteiger partial charge in [-0.15, -0.1) is 0 Å². The average Bonchev–Trinajstić information content (AvgIpc) is 3.35. The number of nitrogens with one attached hydrogen (secondary N) is 1. The van der Waals surface area contributed by atoms with E-state index in [1.165, 1.54) is 18.3 Å². The summed E-state index contributed by atoms with van der Waals surface area (Å²) in [6, 6.07) is 9.05. The summed E-state index contributed by atoms with van der Waals surface area (Å²) in [5.74, 6) is 0. The predicted molar refractivity (Wildman–Crippen MR) is 141 cm³/mol. The Morgan fingerprint density at radius 3 is 2.79 bits per heavy atom. The first kappa shape index (κ1) is 27.0. The van der Waals surface area contributed by atoms with Crippen LogP contribution < -0.4 is 9.73 Å². The minimum atomic E-state index is -4.28. The molecule has 1 aromatic carbocycles. The normalized spacial score (nSPS) is 14.8. The zero-order valence-electron chi connectivity index (χ0n) is 21.1. The quantitative estimate of drug-likeness (QED) is 0.230. The van der Waals surface area contributed by atoms with Crippen LogP contribution in [-0.2, 0) is 14.8 Å². The number of benzene rings is 1. The molecule has 0 radical (unpaired) electrons. The van der Waals surface area contributed by atoms with E-state index in [2.05, 4.69) is 26.0 Å². The number of hydrazone groups is 1. The number of nitro groups is 1. The molecule has 13 nitrogen and oxygen atoms in total. The van der Waals surface area contributed by atoms with Gasteiger partial charge >= 0.3 is 0 Å². The number of morpholine rings is 1. The zero-order valence-corrected chi connectivity index (χ0v) is 21.9. The number of non-ortho nitro benzene ring substituents is 1. The molecule has 0 amide bonds. The van der Waals surface area contributed by atoms with Gasteiger partial charge in [-0.2, -0.15) is 28.7 Å². The van der Waals surface area contributed by atoms with Gasteiger partial charge in [0.05, 0.1) is 52.9 Å². The van der Waals surface area contributed by atoms with Gasteiger partial charge in [-0.3, -0.25) is 15.0 Å². The van der Waals surface area contributed by atoms with Crippen molar-refractivity contribution < 1.29 is 18.1 Å². The summed E-state index contributed by atoms with van der Waals surface area (Å²) in [4.78, 5) is 16.8. The van der Waals surface area contributed by atoms with Gasteiger partial charge in [0.2, 0.25) is 0 Å². The van der Waals surface area contributed by atoms with E-state index in [9.17, 15) is 23.8 Å². The lowest BCUT2D eigenvalue weighted by atomic mass is 10.1. The summed E-state index contributed by atoms with van der Waals surface area (Å²) >= 11 is 0. The number of fused-ring (bicyclic) bond motifs is 1. The second kappa shape index (κ2) is 11.5. The third-order valence-electron chi connectivity index (χ3n) is 6.30. The van der Waals surface area contributed by atoms with Crippen molar-refractivity contribution in [2.45, 2.75) is 18.2 Å². The fraction of sp³-hybridized carbons (Fsp3) is 0.375.